The summed E-state index contributed by atoms with van der Waals surface area (Å²) in [5, 5.41) is 0. The first kappa shape index (κ1) is 71.2. The zero-order valence-electron chi connectivity index (χ0n) is 48.5. The Balaban J connectivity index is 3.94. The maximum Gasteiger partial charge on any atom is 0.306 e. The van der Waals surface area contributed by atoms with Gasteiger partial charge in [-0.15, -0.1) is 0 Å². The van der Waals surface area contributed by atoms with Gasteiger partial charge in [0.1, 0.15) is 19.8 Å². The van der Waals surface area contributed by atoms with Crippen molar-refractivity contribution >= 4 is 19.8 Å². The summed E-state index contributed by atoms with van der Waals surface area (Å²) in [6.07, 6.45) is 73.9. The van der Waals surface area contributed by atoms with Crippen LogP contribution in [0.4, 0.5) is 0 Å². The van der Waals surface area contributed by atoms with Gasteiger partial charge in [-0.1, -0.05) is 247 Å². The zero-order chi connectivity index (χ0) is 54.2. The van der Waals surface area contributed by atoms with Crippen LogP contribution >= 0.6 is 7.82 Å². The van der Waals surface area contributed by atoms with E-state index in [0.717, 1.165) is 83.5 Å². The molecule has 0 N–H and O–H groups in total. The fourth-order valence-corrected chi connectivity index (χ4v) is 9.04. The predicted octanol–water partition coefficient (Wildman–Crippen LogP) is 18.4. The van der Waals surface area contributed by atoms with Crippen LogP contribution in [-0.4, -0.2) is 70.0 Å². The molecule has 0 amide bonds. The lowest BCUT2D eigenvalue weighted by Gasteiger charge is -2.28. The van der Waals surface area contributed by atoms with Crippen molar-refractivity contribution in [2.45, 2.75) is 264 Å². The second-order valence-corrected chi connectivity index (χ2v) is 22.7. The van der Waals surface area contributed by atoms with Gasteiger partial charge in [0.25, 0.3) is 7.82 Å². The van der Waals surface area contributed by atoms with E-state index in [0.29, 0.717) is 23.9 Å². The highest BCUT2D eigenvalue weighted by Gasteiger charge is 2.22. The van der Waals surface area contributed by atoms with Crippen molar-refractivity contribution in [1.29, 1.82) is 0 Å². The molecule has 2 unspecified atom stereocenters. The van der Waals surface area contributed by atoms with Crippen LogP contribution in [0.1, 0.15) is 258 Å². The van der Waals surface area contributed by atoms with Gasteiger partial charge in [0.05, 0.1) is 27.7 Å². The van der Waals surface area contributed by atoms with Crippen molar-refractivity contribution in [3.05, 3.63) is 85.1 Å². The number of phosphoric ester groups is 1. The number of carbonyl (C=O) groups excluding carboxylic acids is 2. The number of hydrogen-bond acceptors (Lipinski definition) is 8. The van der Waals surface area contributed by atoms with Crippen LogP contribution in [0.25, 0.3) is 0 Å². The normalized spacial score (nSPS) is 13.9. The molecule has 2 atom stereocenters. The lowest BCUT2D eigenvalue weighted by molar-refractivity contribution is -0.870. The number of phosphoric acid groups is 1. The lowest BCUT2D eigenvalue weighted by Crippen LogP contribution is -2.37. The average molecular weight is 1060 g/mol. The number of rotatable bonds is 55. The van der Waals surface area contributed by atoms with E-state index in [1.807, 2.05) is 21.1 Å². The molecule has 0 aromatic carbocycles. The Bertz CT molecular complexity index is 1520. The van der Waals surface area contributed by atoms with Crippen LogP contribution in [0.15, 0.2) is 85.1 Å². The molecule has 0 bridgehead atoms. The summed E-state index contributed by atoms with van der Waals surface area (Å²) in [7, 11) is 1.15. The highest BCUT2D eigenvalue weighted by molar-refractivity contribution is 7.45. The molecule has 0 heterocycles. The van der Waals surface area contributed by atoms with E-state index in [1.165, 1.54) is 135 Å². The second kappa shape index (κ2) is 55.0. The van der Waals surface area contributed by atoms with E-state index in [1.54, 1.807) is 0 Å². The highest BCUT2D eigenvalue weighted by Crippen LogP contribution is 2.38. The van der Waals surface area contributed by atoms with Gasteiger partial charge in [-0.3, -0.25) is 14.2 Å². The van der Waals surface area contributed by atoms with Crippen LogP contribution in [-0.2, 0) is 32.7 Å². The number of esters is 2. The van der Waals surface area contributed by atoms with E-state index in [4.69, 9.17) is 18.5 Å². The molecule has 0 saturated heterocycles. The maximum atomic E-state index is 12.8. The van der Waals surface area contributed by atoms with Crippen LogP contribution in [0.5, 0.6) is 0 Å². The van der Waals surface area contributed by atoms with Gasteiger partial charge >= 0.3 is 11.9 Å². The third kappa shape index (κ3) is 58.5. The van der Waals surface area contributed by atoms with Gasteiger partial charge in [0, 0.05) is 12.8 Å². The molecule has 0 spiro atoms. The number of carbonyl (C=O) groups is 2. The van der Waals surface area contributed by atoms with E-state index in [-0.39, 0.29) is 26.1 Å². The van der Waals surface area contributed by atoms with Crippen molar-refractivity contribution in [2.75, 3.05) is 47.5 Å². The zero-order valence-corrected chi connectivity index (χ0v) is 49.4. The molecule has 0 aromatic rings. The van der Waals surface area contributed by atoms with Crippen molar-refractivity contribution in [1.82, 2.24) is 0 Å². The Morgan fingerprint density at radius 2 is 0.730 bits per heavy atom. The summed E-state index contributed by atoms with van der Waals surface area (Å²) in [4.78, 5) is 37.8. The molecule has 0 aliphatic heterocycles. The minimum absolute atomic E-state index is 0.0370. The summed E-state index contributed by atoms with van der Waals surface area (Å²) >= 11 is 0. The SMILES string of the molecule is CC/C=C\C/C=C\C/C=C\C/C=C\CCCCCCCCCCCCCCCCCCCCCCCCCCC(=O)OC(COC(=O)CCCCC/C=C\C/C=C\C/C=C\CC)COP(=O)([O-])OCC[N+](C)(C)C. The molecular weight excluding hydrogens is 942 g/mol. The van der Waals surface area contributed by atoms with Crippen LogP contribution in [0, 0.1) is 0 Å². The molecule has 0 aromatic heterocycles. The van der Waals surface area contributed by atoms with Gasteiger partial charge in [0.2, 0.25) is 0 Å². The van der Waals surface area contributed by atoms with Gasteiger partial charge in [-0.25, -0.2) is 0 Å². The molecule has 0 radical (unpaired) electrons. The average Bonchev–Trinajstić information content (AvgIpc) is 3.36. The monoisotopic (exact) mass is 1060 g/mol. The maximum absolute atomic E-state index is 12.8. The largest absolute Gasteiger partial charge is 0.756 e. The van der Waals surface area contributed by atoms with Crippen molar-refractivity contribution < 1.29 is 42.1 Å². The van der Waals surface area contributed by atoms with Crippen LogP contribution in [0.2, 0.25) is 0 Å². The molecular formula is C64H114NO8P. The van der Waals surface area contributed by atoms with E-state index >= 15 is 0 Å². The molecule has 428 valence electrons. The van der Waals surface area contributed by atoms with Gasteiger partial charge in [0.15, 0.2) is 6.10 Å². The standard InChI is InChI=1S/C64H114NO8P/c1-6-8-10-12-14-16-18-20-21-22-23-24-25-26-27-28-29-30-31-32-33-34-35-36-37-38-39-40-41-42-43-45-47-49-51-53-55-57-64(67)73-62(61-72-74(68,69)71-59-58-65(3,4)5)60-70-63(66)56-54-52-50-48-46-44-19-17-15-13-11-9-7-2/h8-11,14-17,20-21,23-24,44,46,62H,6-7,12-13,18-19,22,25-43,45,47-61H2,1-5H3/b10-8-,11-9-,16-14-,17-15-,21-20-,24-23-,46-44-. The lowest BCUT2D eigenvalue weighted by atomic mass is 10.0. The Labute approximate surface area is 456 Å². The number of ether oxygens (including phenoxy) is 2. The number of nitrogens with zero attached hydrogens (tertiary/aromatic N) is 1. The molecule has 74 heavy (non-hydrogen) atoms. The van der Waals surface area contributed by atoms with E-state index in [9.17, 15) is 19.0 Å². The third-order valence-electron chi connectivity index (χ3n) is 12.9. The van der Waals surface area contributed by atoms with Crippen molar-refractivity contribution in [3.63, 3.8) is 0 Å². The Morgan fingerprint density at radius 1 is 0.419 bits per heavy atom. The summed E-state index contributed by atoms with van der Waals surface area (Å²) in [6.45, 7) is 3.98. The first-order valence-electron chi connectivity index (χ1n) is 30.3. The molecule has 0 saturated carbocycles. The number of hydrogen-bond donors (Lipinski definition) is 0. The third-order valence-corrected chi connectivity index (χ3v) is 13.9. The molecule has 0 aliphatic carbocycles. The minimum atomic E-state index is -4.64. The Morgan fingerprint density at radius 3 is 1.09 bits per heavy atom. The number of likely N-dealkylation sites (N-methyl/N-ethyl adjacent to an activating group) is 1. The Kier molecular flexibility index (Phi) is 52.9. The number of unbranched alkanes of at least 4 members (excludes halogenated alkanes) is 27. The summed E-state index contributed by atoms with van der Waals surface area (Å²) in [5.74, 6) is -0.863. The predicted molar refractivity (Wildman–Crippen MR) is 314 cm³/mol. The van der Waals surface area contributed by atoms with Gasteiger partial charge < -0.3 is 27.9 Å². The van der Waals surface area contributed by atoms with E-state index in [2.05, 4.69) is 98.9 Å². The van der Waals surface area contributed by atoms with Crippen molar-refractivity contribution in [2.24, 2.45) is 0 Å². The smallest absolute Gasteiger partial charge is 0.306 e. The molecule has 10 heteroatoms. The highest BCUT2D eigenvalue weighted by atomic mass is 31.2. The quantitative estimate of drug-likeness (QED) is 0.0195. The topological polar surface area (TPSA) is 111 Å². The fourth-order valence-electron chi connectivity index (χ4n) is 8.31. The summed E-state index contributed by atoms with van der Waals surface area (Å²) in [6, 6.07) is 0. The fraction of sp³-hybridized carbons (Fsp3) is 0.750. The molecule has 9 nitrogen and oxygen atoms in total. The molecule has 0 aliphatic rings. The van der Waals surface area contributed by atoms with Gasteiger partial charge in [-0.2, -0.15) is 0 Å². The first-order chi connectivity index (χ1) is 36.0. The summed E-state index contributed by atoms with van der Waals surface area (Å²) < 4.78 is 34.1. The number of allylic oxidation sites excluding steroid dienone is 14. The van der Waals surface area contributed by atoms with Crippen molar-refractivity contribution in [3.8, 4) is 0 Å². The first-order valence-corrected chi connectivity index (χ1v) is 31.8. The number of quaternary nitrogens is 1. The van der Waals surface area contributed by atoms with E-state index < -0.39 is 32.5 Å². The minimum Gasteiger partial charge on any atom is -0.756 e. The Hall–Kier alpha value is -2.81. The van der Waals surface area contributed by atoms with Crippen LogP contribution < -0.4 is 4.89 Å². The van der Waals surface area contributed by atoms with Crippen LogP contribution in [0.3, 0.4) is 0 Å². The second-order valence-electron chi connectivity index (χ2n) is 21.3. The molecule has 0 fully saturated rings. The van der Waals surface area contributed by atoms with Gasteiger partial charge in [-0.05, 0) is 83.5 Å². The molecule has 0 rings (SSSR count). The summed E-state index contributed by atoms with van der Waals surface area (Å²) in [5.41, 5.74) is 0.